The predicted molar refractivity (Wildman–Crippen MR) is 122 cm³/mol. The third-order valence-electron chi connectivity index (χ3n) is 6.54. The smallest absolute Gasteiger partial charge is 0.247 e. The molecule has 3 rings (SSSR count). The van der Waals surface area contributed by atoms with Crippen LogP contribution in [0.3, 0.4) is 0 Å². The lowest BCUT2D eigenvalue weighted by molar-refractivity contribution is -0.133. The number of piperazine rings is 1. The topological polar surface area (TPSA) is 86.8 Å². The highest BCUT2D eigenvalue weighted by Crippen LogP contribution is 2.33. The molecule has 172 valence electrons. The minimum atomic E-state index is -3.63. The van der Waals surface area contributed by atoms with Gasteiger partial charge in [0.2, 0.25) is 21.8 Å². The van der Waals surface area contributed by atoms with E-state index < -0.39 is 15.6 Å². The van der Waals surface area contributed by atoms with Gasteiger partial charge in [-0.1, -0.05) is 44.2 Å². The molecule has 0 bridgehead atoms. The lowest BCUT2D eigenvalue weighted by atomic mass is 9.91. The Balaban J connectivity index is 1.98. The summed E-state index contributed by atoms with van der Waals surface area (Å²) in [5.74, 6) is -0.679. The third-order valence-corrected chi connectivity index (χ3v) is 7.74. The fraction of sp³-hybridized carbons (Fsp3) is 0.652. The number of rotatable bonds is 4. The van der Waals surface area contributed by atoms with E-state index >= 15 is 0 Å². The number of nitrogens with zero attached hydrogens (tertiary/aromatic N) is 2. The molecular weight excluding hydrogens is 414 g/mol. The highest BCUT2D eigenvalue weighted by molar-refractivity contribution is 7.88. The summed E-state index contributed by atoms with van der Waals surface area (Å²) in [7, 11) is -3.63. The van der Waals surface area contributed by atoms with Crippen molar-refractivity contribution in [2.75, 3.05) is 24.2 Å². The zero-order valence-corrected chi connectivity index (χ0v) is 19.9. The Hall–Kier alpha value is -1.93. The molecule has 0 radical (unpaired) electrons. The van der Waals surface area contributed by atoms with Gasteiger partial charge in [0.05, 0.1) is 12.8 Å². The van der Waals surface area contributed by atoms with Crippen LogP contribution in [0, 0.1) is 13.8 Å². The molecule has 2 fully saturated rings. The number of sulfonamides is 1. The predicted octanol–water partition coefficient (Wildman–Crippen LogP) is 2.90. The van der Waals surface area contributed by atoms with Gasteiger partial charge in [-0.2, -0.15) is 4.31 Å². The lowest BCUT2D eigenvalue weighted by Gasteiger charge is -2.47. The van der Waals surface area contributed by atoms with Crippen molar-refractivity contribution in [1.29, 1.82) is 0 Å². The summed E-state index contributed by atoms with van der Waals surface area (Å²) in [4.78, 5) is 28.4. The molecule has 0 spiro atoms. The molecule has 1 saturated heterocycles. The maximum absolute atomic E-state index is 13.7. The first-order valence-corrected chi connectivity index (χ1v) is 13.0. The third kappa shape index (κ3) is 5.29. The summed E-state index contributed by atoms with van der Waals surface area (Å²) in [6, 6.07) is 5.83. The van der Waals surface area contributed by atoms with Crippen LogP contribution in [0.25, 0.3) is 0 Å². The van der Waals surface area contributed by atoms with Gasteiger partial charge in [0, 0.05) is 18.3 Å². The fourth-order valence-electron chi connectivity index (χ4n) is 4.68. The average Bonchev–Trinajstić information content (AvgIpc) is 2.65. The molecule has 2 aliphatic rings. The summed E-state index contributed by atoms with van der Waals surface area (Å²) in [6.07, 6.45) is 8.60. The Bertz CT molecular complexity index is 938. The van der Waals surface area contributed by atoms with Crippen molar-refractivity contribution >= 4 is 27.5 Å². The fourth-order valence-corrected chi connectivity index (χ4v) is 5.51. The Morgan fingerprint density at radius 1 is 1.10 bits per heavy atom. The Morgan fingerprint density at radius 2 is 1.71 bits per heavy atom. The van der Waals surface area contributed by atoms with Crippen LogP contribution in [0.4, 0.5) is 5.69 Å². The van der Waals surface area contributed by atoms with Crippen LogP contribution in [-0.2, 0) is 19.6 Å². The summed E-state index contributed by atoms with van der Waals surface area (Å²) < 4.78 is 25.7. The Labute approximate surface area is 186 Å². The zero-order chi connectivity index (χ0) is 22.8. The van der Waals surface area contributed by atoms with E-state index in [1.165, 1.54) is 24.2 Å². The second-order valence-electron chi connectivity index (χ2n) is 9.34. The van der Waals surface area contributed by atoms with Gasteiger partial charge in [0.25, 0.3) is 0 Å². The molecule has 0 aromatic heterocycles. The number of benzene rings is 1. The molecule has 1 atom stereocenters. The summed E-state index contributed by atoms with van der Waals surface area (Å²) in [5, 5.41) is 3.17. The standard InChI is InChI=1S/C23H35N3O4S/c1-17-12-13-18(2)20(14-17)26-21(27)15-25(31(4,29)30)16-23(26,3)22(28)24-19-10-8-6-5-7-9-11-19/h12-14,19H,5-11,15-16H2,1-4H3,(H,24,28). The van der Waals surface area contributed by atoms with E-state index in [0.29, 0.717) is 5.69 Å². The second-order valence-corrected chi connectivity index (χ2v) is 11.3. The molecule has 1 aliphatic heterocycles. The Morgan fingerprint density at radius 3 is 2.32 bits per heavy atom. The highest BCUT2D eigenvalue weighted by Gasteiger charge is 2.50. The minimum Gasteiger partial charge on any atom is -0.351 e. The van der Waals surface area contributed by atoms with Crippen molar-refractivity contribution in [3.8, 4) is 0 Å². The highest BCUT2D eigenvalue weighted by atomic mass is 32.2. The van der Waals surface area contributed by atoms with Gasteiger partial charge < -0.3 is 5.32 Å². The first-order valence-electron chi connectivity index (χ1n) is 11.2. The molecule has 8 heteroatoms. The van der Waals surface area contributed by atoms with Gasteiger partial charge >= 0.3 is 0 Å². The van der Waals surface area contributed by atoms with Crippen LogP contribution in [0.2, 0.25) is 0 Å². The van der Waals surface area contributed by atoms with E-state index in [9.17, 15) is 18.0 Å². The SMILES string of the molecule is Cc1ccc(C)c(N2C(=O)CN(S(C)(=O)=O)CC2(C)C(=O)NC2CCCCCCC2)c1. The van der Waals surface area contributed by atoms with E-state index in [-0.39, 0.29) is 30.9 Å². The van der Waals surface area contributed by atoms with Crippen LogP contribution in [-0.4, -0.2) is 55.5 Å². The molecule has 31 heavy (non-hydrogen) atoms. The van der Waals surface area contributed by atoms with Crippen molar-refractivity contribution < 1.29 is 18.0 Å². The minimum absolute atomic E-state index is 0.0498. The van der Waals surface area contributed by atoms with E-state index in [1.807, 2.05) is 32.0 Å². The largest absolute Gasteiger partial charge is 0.351 e. The van der Waals surface area contributed by atoms with Gasteiger partial charge in [0.15, 0.2) is 0 Å². The van der Waals surface area contributed by atoms with Crippen LogP contribution < -0.4 is 10.2 Å². The van der Waals surface area contributed by atoms with Gasteiger partial charge in [0.1, 0.15) is 5.54 Å². The van der Waals surface area contributed by atoms with Gasteiger partial charge in [-0.25, -0.2) is 8.42 Å². The van der Waals surface area contributed by atoms with Crippen molar-refractivity contribution in [2.24, 2.45) is 0 Å². The zero-order valence-electron chi connectivity index (χ0n) is 19.1. The number of hydrogen-bond donors (Lipinski definition) is 1. The van der Waals surface area contributed by atoms with Crippen LogP contribution in [0.5, 0.6) is 0 Å². The summed E-state index contributed by atoms with van der Waals surface area (Å²) in [6.45, 7) is 5.19. The molecule has 7 nitrogen and oxygen atoms in total. The van der Waals surface area contributed by atoms with Crippen LogP contribution >= 0.6 is 0 Å². The van der Waals surface area contributed by atoms with Gasteiger partial charge in [-0.3, -0.25) is 14.5 Å². The number of nitrogens with one attached hydrogen (secondary N) is 1. The molecule has 2 amide bonds. The molecule has 1 saturated carbocycles. The number of aryl methyl sites for hydroxylation is 2. The van der Waals surface area contributed by atoms with E-state index in [1.54, 1.807) is 6.92 Å². The van der Waals surface area contributed by atoms with Crippen LogP contribution in [0.15, 0.2) is 18.2 Å². The first kappa shape index (κ1) is 23.7. The molecule has 1 aliphatic carbocycles. The number of amides is 2. The summed E-state index contributed by atoms with van der Waals surface area (Å²) >= 11 is 0. The van der Waals surface area contributed by atoms with E-state index in [4.69, 9.17) is 0 Å². The van der Waals surface area contributed by atoms with Crippen molar-refractivity contribution in [1.82, 2.24) is 9.62 Å². The van der Waals surface area contributed by atoms with Gasteiger partial charge in [-0.05, 0) is 50.8 Å². The number of carbonyl (C=O) groups excluding carboxylic acids is 2. The Kier molecular flexibility index (Phi) is 7.11. The molecule has 1 unspecified atom stereocenters. The van der Waals surface area contributed by atoms with Crippen LogP contribution in [0.1, 0.15) is 63.0 Å². The molecule has 1 aromatic rings. The van der Waals surface area contributed by atoms with Crippen molar-refractivity contribution in [2.45, 2.75) is 77.3 Å². The second kappa shape index (κ2) is 9.28. The maximum Gasteiger partial charge on any atom is 0.247 e. The summed E-state index contributed by atoms with van der Waals surface area (Å²) in [5.41, 5.74) is 1.17. The van der Waals surface area contributed by atoms with Crippen molar-refractivity contribution in [3.05, 3.63) is 29.3 Å². The number of hydrogen-bond acceptors (Lipinski definition) is 4. The quantitative estimate of drug-likeness (QED) is 0.766. The lowest BCUT2D eigenvalue weighted by Crippen LogP contribution is -2.70. The van der Waals surface area contributed by atoms with Crippen molar-refractivity contribution in [3.63, 3.8) is 0 Å². The maximum atomic E-state index is 13.7. The molecule has 1 N–H and O–H groups in total. The van der Waals surface area contributed by atoms with E-state index in [0.717, 1.165) is 47.4 Å². The normalized spacial score (nSPS) is 24.5. The molecule has 1 aromatic carbocycles. The van der Waals surface area contributed by atoms with E-state index in [2.05, 4.69) is 5.32 Å². The monoisotopic (exact) mass is 449 g/mol. The van der Waals surface area contributed by atoms with Gasteiger partial charge in [-0.15, -0.1) is 0 Å². The molecule has 1 heterocycles. The molecular formula is C23H35N3O4S. The number of carbonyl (C=O) groups is 2. The average molecular weight is 450 g/mol. The first-order chi connectivity index (χ1) is 14.5. The number of anilines is 1.